The summed E-state index contributed by atoms with van der Waals surface area (Å²) in [7, 11) is 0. The van der Waals surface area contributed by atoms with E-state index in [2.05, 4.69) is 378 Å². The Bertz CT molecular complexity index is 6730. The molecule has 6 aromatic heterocycles. The summed E-state index contributed by atoms with van der Waals surface area (Å²) in [4.78, 5) is 64.3. The molecule has 12 heteroatoms. The summed E-state index contributed by atoms with van der Waals surface area (Å²) in [6.45, 7) is 56.5. The van der Waals surface area contributed by atoms with E-state index in [1.165, 1.54) is 134 Å². The van der Waals surface area contributed by atoms with Crippen LogP contribution in [0.4, 0.5) is 0 Å². The molecule has 0 radical (unpaired) electrons. The number of rotatable bonds is 30. The van der Waals surface area contributed by atoms with Gasteiger partial charge in [0.2, 0.25) is 0 Å². The fraction of sp³-hybridized carbons (Fsp3) is 0.348. The van der Waals surface area contributed by atoms with Crippen LogP contribution in [0.25, 0.3) is 33.4 Å². The average Bonchev–Trinajstić information content (AvgIpc) is 1.57. The maximum atomic E-state index is 6.30. The minimum atomic E-state index is 0.787. The maximum Gasteiger partial charge on any atom is 0.0910 e. The summed E-state index contributed by atoms with van der Waals surface area (Å²) in [5, 5.41) is 0. The zero-order valence-electron chi connectivity index (χ0n) is 94.0. The van der Waals surface area contributed by atoms with Gasteiger partial charge in [0.1, 0.15) is 0 Å². The van der Waals surface area contributed by atoms with Crippen molar-refractivity contribution in [3.8, 4) is 0 Å². The number of aliphatic imine (C=N–C) groups is 6. The first kappa shape index (κ1) is 104. The standard InChI is InChI=1S/C138H156N12/c1-25-85-97(37-13)127-128-98(38-14)87(27-3)117(141-128)110(80-69-57-50-58-70-80)118-89(29-5)101(41-17)131(143-118)132-102(42-18)91(31-7)121(145-132)112(82-73-61-52-62-74-82)122-93(33-9)105(45-21)135(147-122)136-106(46-22)95(35-11)125(149-136)114(84-77-65-54-66-78-84)126-96(36-12)108(48-24)138(150-126)137-107(47-23)94(34-10)124(148-137)113(83-75-63-53-64-76-83)123-92(32-8)104(44-20)134(146-123)133-103(43-19)90(30-6)120(144-133)111(81-71-59-51-60-72-81)119-88(28-4)100(40-16)130(142-119)129-99(39-15)86(26-2)116(140-129)109(115(85)139-127)79-67-55-49-56-68-79/h49-78,139,142-143,146-147,150H,25-48H2,1-24H3/b115-109?,116-109-,117-110-,118-110?,119-111?,120-111-,121-112-,122-112?,123-113?,124-113-,125-114+,126-114?,128-127?,130-129?,132-131?,134-133?,136-135?,138-137?. The van der Waals surface area contributed by atoms with Crippen LogP contribution in [-0.4, -0.2) is 64.2 Å². The fourth-order valence-electron chi connectivity index (χ4n) is 26.9. The van der Waals surface area contributed by atoms with Crippen LogP contribution in [-0.2, 0) is 77.0 Å². The number of allylic oxidation sites excluding steroid dienone is 12. The van der Waals surface area contributed by atoms with E-state index in [1.54, 1.807) is 0 Å². The highest BCUT2D eigenvalue weighted by atomic mass is 15.0. The SMILES string of the molecule is CCC1=C(CC)/C2=C(\c3ccccc3)c3[nH]c(c(CC)c3CC)C3=N/C(=C(/c4ccccc4)c4[nH]c(c(CC)c4CC)C4=N/C(=C(/c5ccccc5)c5[nH]c(c(CC)c5CC)C5=N/C(=C(\c6ccccc6)c6[nH]c(c(CC)c6CC)C6=N/C(=C(/c7ccccc7)c7[nH]c(c(CC)c7CC)C7=N/C(=C(/c8ccccc8)c8[nH]c(c(CC)c8CC)C1=N2)C(CC)=C7CC)C(CC)=C6CC)C(CC)=C5CC)C(CC)=C4CC)C(CC)=C3CC. The zero-order chi connectivity index (χ0) is 105. The Kier molecular flexibility index (Phi) is 31.3. The number of nitrogens with one attached hydrogen (secondary N) is 6. The van der Waals surface area contributed by atoms with E-state index in [1.807, 2.05) is 0 Å². The van der Waals surface area contributed by atoms with Gasteiger partial charge >= 0.3 is 0 Å². The molecular weight excluding hydrogens is 1830 g/mol. The minimum Gasteiger partial charge on any atom is -0.353 e. The number of H-pyrrole nitrogens is 6. The van der Waals surface area contributed by atoms with Gasteiger partial charge in [-0.1, -0.05) is 348 Å². The lowest BCUT2D eigenvalue weighted by atomic mass is 9.88. The van der Waals surface area contributed by atoms with Gasteiger partial charge in [-0.3, -0.25) is 0 Å². The topological polar surface area (TPSA) is 169 Å². The largest absolute Gasteiger partial charge is 0.353 e. The molecule has 13 heterocycles. The Morgan fingerprint density at radius 2 is 0.233 bits per heavy atom. The first-order chi connectivity index (χ1) is 73.5. The molecule has 0 aliphatic carbocycles. The van der Waals surface area contributed by atoms with Crippen LogP contribution in [0, 0.1) is 0 Å². The molecule has 7 aliphatic heterocycles. The first-order valence-electron chi connectivity index (χ1n) is 57.6. The highest BCUT2D eigenvalue weighted by molar-refractivity contribution is 6.24. The van der Waals surface area contributed by atoms with Gasteiger partial charge in [0.15, 0.2) is 0 Å². The predicted octanol–water partition coefficient (Wildman–Crippen LogP) is 35.0. The van der Waals surface area contributed by atoms with E-state index in [9.17, 15) is 0 Å². The molecule has 768 valence electrons. The number of fused-ring (bicyclic) bond motifs is 24. The van der Waals surface area contributed by atoms with Crippen molar-refractivity contribution >= 4 is 67.7 Å². The molecule has 150 heavy (non-hydrogen) atoms. The molecule has 24 bridgehead atoms. The number of benzene rings is 6. The van der Waals surface area contributed by atoms with Crippen molar-refractivity contribution in [3.63, 3.8) is 0 Å². The minimum absolute atomic E-state index is 0.787. The van der Waals surface area contributed by atoms with Crippen molar-refractivity contribution in [2.75, 3.05) is 0 Å². The third kappa shape index (κ3) is 17.3. The number of hydrogen-bond acceptors (Lipinski definition) is 6. The molecule has 0 saturated carbocycles. The summed E-state index contributed by atoms with van der Waals surface area (Å²) < 4.78 is 0. The van der Waals surface area contributed by atoms with Crippen molar-refractivity contribution in [3.05, 3.63) is 452 Å². The third-order valence-corrected chi connectivity index (χ3v) is 33.5. The van der Waals surface area contributed by atoms with E-state index in [0.29, 0.717) is 0 Å². The van der Waals surface area contributed by atoms with E-state index in [4.69, 9.17) is 30.0 Å². The lowest BCUT2D eigenvalue weighted by Gasteiger charge is -2.14. The van der Waals surface area contributed by atoms with E-state index >= 15 is 0 Å². The first-order valence-corrected chi connectivity index (χ1v) is 57.6. The molecule has 0 fully saturated rings. The average molecular weight is 1980 g/mol. The normalized spacial score (nSPS) is 18.6. The lowest BCUT2D eigenvalue weighted by Crippen LogP contribution is -2.06. The monoisotopic (exact) mass is 1980 g/mol. The van der Waals surface area contributed by atoms with Gasteiger partial charge in [0, 0.05) is 33.4 Å². The molecule has 0 spiro atoms. The van der Waals surface area contributed by atoms with Gasteiger partial charge in [0.05, 0.1) is 137 Å². The van der Waals surface area contributed by atoms with Crippen molar-refractivity contribution in [2.45, 2.75) is 320 Å². The summed E-state index contributed by atoms with van der Waals surface area (Å²) in [6, 6.07) is 67.3. The molecule has 19 rings (SSSR count). The summed E-state index contributed by atoms with van der Waals surface area (Å²) >= 11 is 0. The molecule has 6 aromatic carbocycles. The molecule has 12 nitrogen and oxygen atoms in total. The zero-order valence-corrected chi connectivity index (χ0v) is 94.0. The van der Waals surface area contributed by atoms with E-state index < -0.39 is 0 Å². The Labute approximate surface area is 893 Å². The van der Waals surface area contributed by atoms with Gasteiger partial charge in [-0.2, -0.15) is 0 Å². The number of hydrogen-bond donors (Lipinski definition) is 6. The summed E-state index contributed by atoms with van der Waals surface area (Å²) in [6.07, 6.45) is 19.1. The predicted molar refractivity (Wildman–Crippen MR) is 637 cm³/mol. The van der Waals surface area contributed by atoms with Crippen molar-refractivity contribution in [1.29, 1.82) is 0 Å². The van der Waals surface area contributed by atoms with Crippen molar-refractivity contribution in [2.24, 2.45) is 30.0 Å². The second-order valence-electron chi connectivity index (χ2n) is 40.5. The maximum absolute atomic E-state index is 6.30. The Morgan fingerprint density at radius 1 is 0.127 bits per heavy atom. The Morgan fingerprint density at radius 3 is 0.333 bits per heavy atom. The van der Waals surface area contributed by atoms with Crippen LogP contribution in [0.3, 0.4) is 0 Å². The Hall–Kier alpha value is -14.1. The highest BCUT2D eigenvalue weighted by Crippen LogP contribution is 2.54. The fourth-order valence-corrected chi connectivity index (χ4v) is 26.9. The lowest BCUT2D eigenvalue weighted by molar-refractivity contribution is 1.04. The Balaban J connectivity index is 0.945. The quantitative estimate of drug-likeness (QED) is 0.0252. The van der Waals surface area contributed by atoms with Crippen molar-refractivity contribution < 1.29 is 0 Å². The van der Waals surface area contributed by atoms with E-state index in [-0.39, 0.29) is 0 Å². The van der Waals surface area contributed by atoms with Crippen LogP contribution in [0.2, 0.25) is 0 Å². The molecule has 7 aliphatic rings. The number of aromatic nitrogens is 6. The third-order valence-electron chi connectivity index (χ3n) is 33.5. The smallest absolute Gasteiger partial charge is 0.0910 e. The van der Waals surface area contributed by atoms with Gasteiger partial charge in [-0.15, -0.1) is 0 Å². The molecule has 12 aromatic rings. The van der Waals surface area contributed by atoms with Crippen LogP contribution in [0.15, 0.2) is 313 Å². The van der Waals surface area contributed by atoms with Gasteiger partial charge in [0.25, 0.3) is 0 Å². The van der Waals surface area contributed by atoms with Gasteiger partial charge in [-0.05, 0) is 321 Å². The van der Waals surface area contributed by atoms with Crippen LogP contribution in [0.5, 0.6) is 0 Å². The second-order valence-corrected chi connectivity index (χ2v) is 40.5. The van der Waals surface area contributed by atoms with Gasteiger partial charge < -0.3 is 29.9 Å². The van der Waals surface area contributed by atoms with Crippen LogP contribution in [0.1, 0.15) is 412 Å². The van der Waals surface area contributed by atoms with Crippen LogP contribution >= 0.6 is 0 Å². The molecule has 6 N–H and O–H groups in total. The summed E-state index contributed by atoms with van der Waals surface area (Å²) in [5.74, 6) is 0. The molecule has 0 atom stereocenters. The highest BCUT2D eigenvalue weighted by Gasteiger charge is 2.43. The van der Waals surface area contributed by atoms with Crippen LogP contribution < -0.4 is 0 Å². The van der Waals surface area contributed by atoms with Crippen molar-refractivity contribution in [1.82, 2.24) is 29.9 Å². The molecule has 0 amide bonds. The van der Waals surface area contributed by atoms with E-state index in [0.717, 1.165) is 358 Å². The second kappa shape index (κ2) is 45.0. The number of nitrogens with zero attached hydrogens (tertiary/aromatic N) is 6. The molecular formula is C138H156N12. The number of aromatic amines is 6. The molecule has 0 unspecified atom stereocenters. The summed E-state index contributed by atoms with van der Waals surface area (Å²) in [5.41, 5.74) is 69.9. The van der Waals surface area contributed by atoms with Gasteiger partial charge in [-0.25, -0.2) is 30.0 Å². The molecule has 0 saturated heterocycles.